The van der Waals surface area contributed by atoms with E-state index in [9.17, 15) is 14.2 Å². The summed E-state index contributed by atoms with van der Waals surface area (Å²) in [6.45, 7) is 4.06. The van der Waals surface area contributed by atoms with Crippen LogP contribution in [0.3, 0.4) is 0 Å². The van der Waals surface area contributed by atoms with Gasteiger partial charge in [0.1, 0.15) is 0 Å². The summed E-state index contributed by atoms with van der Waals surface area (Å²) in [4.78, 5) is 29.4. The van der Waals surface area contributed by atoms with Crippen molar-refractivity contribution in [3.05, 3.63) is 0 Å². The van der Waals surface area contributed by atoms with Gasteiger partial charge in [0.2, 0.25) is 0 Å². The van der Waals surface area contributed by atoms with Crippen molar-refractivity contribution < 1.29 is 33.3 Å². The van der Waals surface area contributed by atoms with E-state index in [0.29, 0.717) is 0 Å². The molecule has 0 aromatic rings. The van der Waals surface area contributed by atoms with E-state index in [-0.39, 0.29) is 12.8 Å². The Kier molecular flexibility index (Phi) is 6.15. The van der Waals surface area contributed by atoms with Gasteiger partial charge in [0, 0.05) is 19.5 Å². The molecule has 15 heavy (non-hydrogen) atoms. The van der Waals surface area contributed by atoms with E-state index in [1.165, 1.54) is 13.8 Å². The summed E-state index contributed by atoms with van der Waals surface area (Å²) in [6, 6.07) is 0. The minimum absolute atomic E-state index is 0.0642. The van der Waals surface area contributed by atoms with Crippen LogP contribution in [-0.2, 0) is 33.3 Å². The zero-order chi connectivity index (χ0) is 11.9. The largest absolute Gasteiger partial charge is 0.403 e. The summed E-state index contributed by atoms with van der Waals surface area (Å²) in [5, 5.41) is 0. The van der Waals surface area contributed by atoms with Crippen molar-refractivity contribution in [1.29, 1.82) is 0 Å². The fourth-order valence-corrected chi connectivity index (χ4v) is 0.811. The quantitative estimate of drug-likeness (QED) is 0.395. The first-order valence-electron chi connectivity index (χ1n) is 4.27. The van der Waals surface area contributed by atoms with Crippen LogP contribution < -0.4 is 0 Å². The first-order valence-corrected chi connectivity index (χ1v) is 6.26. The Balaban J connectivity index is 3.92. The fraction of sp³-hybridized carbons (Fsp3) is 0.714. The second-order valence-electron chi connectivity index (χ2n) is 2.54. The average molecular weight is 240 g/mol. The molecule has 0 aromatic heterocycles. The van der Waals surface area contributed by atoms with Crippen molar-refractivity contribution in [2.75, 3.05) is 6.66 Å². The van der Waals surface area contributed by atoms with Crippen LogP contribution in [0.2, 0.25) is 0 Å². The highest BCUT2D eigenvalue weighted by atomic mass is 31.2. The van der Waals surface area contributed by atoms with Crippen LogP contribution in [0.5, 0.6) is 0 Å². The smallest absolute Gasteiger partial charge is 0.290 e. The molecule has 0 bridgehead atoms. The van der Waals surface area contributed by atoms with Gasteiger partial charge in [-0.25, -0.2) is 9.59 Å². The van der Waals surface area contributed by atoms with Crippen molar-refractivity contribution in [2.24, 2.45) is 0 Å². The number of carbonyl (C=O) groups is 2. The van der Waals surface area contributed by atoms with Crippen molar-refractivity contribution in [3.63, 3.8) is 0 Å². The summed E-state index contributed by atoms with van der Waals surface area (Å²) < 4.78 is 19.6. The van der Waals surface area contributed by atoms with Gasteiger partial charge in [-0.2, -0.15) is 0 Å². The van der Waals surface area contributed by atoms with Gasteiger partial charge in [-0.15, -0.1) is 0 Å². The van der Waals surface area contributed by atoms with Crippen LogP contribution in [0.15, 0.2) is 0 Å². The highest BCUT2D eigenvalue weighted by molar-refractivity contribution is 7.52. The molecule has 0 amide bonds. The lowest BCUT2D eigenvalue weighted by Gasteiger charge is -2.09. The molecule has 0 saturated carbocycles. The molecule has 88 valence electrons. The van der Waals surface area contributed by atoms with Crippen molar-refractivity contribution in [1.82, 2.24) is 0 Å². The van der Waals surface area contributed by atoms with Gasteiger partial charge in [-0.05, 0) is 0 Å². The van der Waals surface area contributed by atoms with E-state index in [2.05, 4.69) is 19.1 Å². The van der Waals surface area contributed by atoms with Crippen molar-refractivity contribution in [3.8, 4) is 0 Å². The Hall–Kier alpha value is -0.910. The maximum Gasteiger partial charge on any atom is 0.403 e. The van der Waals surface area contributed by atoms with Gasteiger partial charge in [-0.3, -0.25) is 14.3 Å². The van der Waals surface area contributed by atoms with Gasteiger partial charge < -0.3 is 0 Å². The third-order valence-electron chi connectivity index (χ3n) is 1.11. The predicted molar refractivity (Wildman–Crippen MR) is 48.5 cm³/mol. The summed E-state index contributed by atoms with van der Waals surface area (Å²) in [7, 11) is -3.71. The fourth-order valence-electron chi connectivity index (χ4n) is 0.349. The molecule has 8 heteroatoms. The highest BCUT2D eigenvalue weighted by Gasteiger charge is 2.24. The summed E-state index contributed by atoms with van der Waals surface area (Å²) in [5.41, 5.74) is 0. The molecule has 0 spiro atoms. The molecule has 0 N–H and O–H groups in total. The number of carbonyl (C=O) groups excluding carboxylic acids is 2. The van der Waals surface area contributed by atoms with E-state index in [4.69, 9.17) is 0 Å². The Morgan fingerprint density at radius 3 is 1.60 bits per heavy atom. The zero-order valence-electron chi connectivity index (χ0n) is 8.72. The Labute approximate surface area is 87.0 Å². The van der Waals surface area contributed by atoms with Gasteiger partial charge >= 0.3 is 19.5 Å². The molecule has 0 rings (SSSR count). The predicted octanol–water partition coefficient (Wildman–Crippen LogP) is 1.58. The van der Waals surface area contributed by atoms with Crippen molar-refractivity contribution in [2.45, 2.75) is 26.7 Å². The van der Waals surface area contributed by atoms with E-state index >= 15 is 0 Å². The molecule has 0 saturated heterocycles. The Bertz CT molecular complexity index is 251. The van der Waals surface area contributed by atoms with Gasteiger partial charge in [0.05, 0.1) is 0 Å². The maximum atomic E-state index is 11.3. The van der Waals surface area contributed by atoms with Gasteiger partial charge in [0.15, 0.2) is 0 Å². The van der Waals surface area contributed by atoms with E-state index in [0.717, 1.165) is 6.66 Å². The highest BCUT2D eigenvalue weighted by Crippen LogP contribution is 2.44. The molecule has 0 radical (unpaired) electrons. The standard InChI is InChI=1S/C7H13O7P/c1-4-6(8)11-13-15(3,10)14-12-7(9)5-2/h4-5H2,1-3H3. The maximum absolute atomic E-state index is 11.3. The number of hydrogen-bond donors (Lipinski definition) is 0. The lowest BCUT2D eigenvalue weighted by Crippen LogP contribution is -2.06. The normalized spacial score (nSPS) is 10.9. The first kappa shape index (κ1) is 14.1. The summed E-state index contributed by atoms with van der Waals surface area (Å²) in [5.74, 6) is -1.41. The molecule has 0 aromatic carbocycles. The third-order valence-corrected chi connectivity index (χ3v) is 1.80. The summed E-state index contributed by atoms with van der Waals surface area (Å²) >= 11 is 0. The second-order valence-corrected chi connectivity index (χ2v) is 4.38. The minimum atomic E-state index is -3.71. The van der Waals surface area contributed by atoms with Gasteiger partial charge in [0.25, 0.3) is 0 Å². The minimum Gasteiger partial charge on any atom is -0.290 e. The van der Waals surface area contributed by atoms with Crippen LogP contribution >= 0.6 is 7.60 Å². The monoisotopic (exact) mass is 240 g/mol. The number of hydrogen-bond acceptors (Lipinski definition) is 7. The SMILES string of the molecule is CCC(=O)OOP(C)(=O)OOC(=O)CC. The molecular formula is C7H13O7P. The van der Waals surface area contributed by atoms with E-state index < -0.39 is 19.5 Å². The molecular weight excluding hydrogens is 227 g/mol. The van der Waals surface area contributed by atoms with Crippen LogP contribution in [0.1, 0.15) is 26.7 Å². The van der Waals surface area contributed by atoms with Crippen molar-refractivity contribution >= 4 is 19.5 Å². The van der Waals surface area contributed by atoms with Crippen LogP contribution in [-0.4, -0.2) is 18.6 Å². The molecule has 0 heterocycles. The third kappa shape index (κ3) is 7.07. The molecule has 0 aliphatic heterocycles. The second kappa shape index (κ2) is 6.55. The molecule has 0 fully saturated rings. The van der Waals surface area contributed by atoms with E-state index in [1.54, 1.807) is 0 Å². The molecule has 0 unspecified atom stereocenters. The number of rotatable bonds is 6. The zero-order valence-corrected chi connectivity index (χ0v) is 9.61. The van der Waals surface area contributed by atoms with Crippen LogP contribution in [0.25, 0.3) is 0 Å². The molecule has 0 atom stereocenters. The topological polar surface area (TPSA) is 88.1 Å². The first-order chi connectivity index (χ1) is 6.91. The summed E-state index contributed by atoms with van der Waals surface area (Å²) in [6.07, 6.45) is 0.128. The van der Waals surface area contributed by atoms with Crippen LogP contribution in [0.4, 0.5) is 0 Å². The molecule has 0 aliphatic rings. The van der Waals surface area contributed by atoms with E-state index in [1.807, 2.05) is 0 Å². The lowest BCUT2D eigenvalue weighted by molar-refractivity contribution is -0.249. The molecule has 0 aliphatic carbocycles. The molecule has 7 nitrogen and oxygen atoms in total. The van der Waals surface area contributed by atoms with Gasteiger partial charge in [-0.1, -0.05) is 23.2 Å². The Morgan fingerprint density at radius 2 is 1.33 bits per heavy atom. The lowest BCUT2D eigenvalue weighted by atomic mass is 10.5. The average Bonchev–Trinajstić information content (AvgIpc) is 2.22. The van der Waals surface area contributed by atoms with Crippen LogP contribution in [0, 0.1) is 0 Å². The Morgan fingerprint density at radius 1 is 1.00 bits per heavy atom.